The van der Waals surface area contributed by atoms with E-state index in [0.29, 0.717) is 11.3 Å². The van der Waals surface area contributed by atoms with Gasteiger partial charge in [0.1, 0.15) is 5.75 Å². The highest BCUT2D eigenvalue weighted by Gasteiger charge is 2.12. The Morgan fingerprint density at radius 1 is 1.40 bits per heavy atom. The minimum atomic E-state index is -0.588. The van der Waals surface area contributed by atoms with Crippen molar-refractivity contribution in [3.05, 3.63) is 29.3 Å². The first-order valence-corrected chi connectivity index (χ1v) is 4.30. The molecule has 15 heavy (non-hydrogen) atoms. The van der Waals surface area contributed by atoms with Crippen molar-refractivity contribution in [2.45, 2.75) is 0 Å². The predicted octanol–water partition coefficient (Wildman–Crippen LogP) is 0.154. The van der Waals surface area contributed by atoms with Crippen LogP contribution < -0.4 is 15.8 Å². The summed E-state index contributed by atoms with van der Waals surface area (Å²) in [6, 6.07) is 4.45. The number of ether oxygens (including phenoxy) is 1. The highest BCUT2D eigenvalue weighted by atomic mass is 16.5. The minimum absolute atomic E-state index is 0.246. The molecule has 1 aromatic carbocycles. The van der Waals surface area contributed by atoms with Crippen LogP contribution in [0.15, 0.2) is 18.2 Å². The lowest BCUT2D eigenvalue weighted by Crippen LogP contribution is -2.19. The Bertz CT molecular complexity index is 402. The molecule has 2 amide bonds. The maximum absolute atomic E-state index is 11.3. The molecular formula is C10H12N2O3. The van der Waals surface area contributed by atoms with Crippen LogP contribution >= 0.6 is 0 Å². The van der Waals surface area contributed by atoms with Crippen molar-refractivity contribution in [1.29, 1.82) is 0 Å². The fourth-order valence-electron chi connectivity index (χ4n) is 1.18. The summed E-state index contributed by atoms with van der Waals surface area (Å²) in [5.41, 5.74) is 5.80. The lowest BCUT2D eigenvalue weighted by molar-refractivity contribution is 0.0958. The summed E-state index contributed by atoms with van der Waals surface area (Å²) >= 11 is 0. The van der Waals surface area contributed by atoms with Gasteiger partial charge in [0, 0.05) is 12.6 Å². The molecular weight excluding hydrogens is 196 g/mol. The van der Waals surface area contributed by atoms with Crippen LogP contribution in [0.3, 0.4) is 0 Å². The fourth-order valence-corrected chi connectivity index (χ4v) is 1.18. The molecule has 5 nitrogen and oxygen atoms in total. The van der Waals surface area contributed by atoms with Gasteiger partial charge in [-0.15, -0.1) is 0 Å². The molecule has 0 saturated carbocycles. The van der Waals surface area contributed by atoms with Crippen molar-refractivity contribution in [2.75, 3.05) is 14.2 Å². The Morgan fingerprint density at radius 3 is 2.53 bits per heavy atom. The quantitative estimate of drug-likeness (QED) is 0.742. The van der Waals surface area contributed by atoms with Crippen LogP contribution in [-0.4, -0.2) is 26.0 Å². The van der Waals surface area contributed by atoms with E-state index in [1.165, 1.54) is 32.4 Å². The first kappa shape index (κ1) is 11.0. The van der Waals surface area contributed by atoms with Crippen molar-refractivity contribution in [2.24, 2.45) is 5.73 Å². The van der Waals surface area contributed by atoms with E-state index in [-0.39, 0.29) is 11.5 Å². The Balaban J connectivity index is 3.19. The average Bonchev–Trinajstić information content (AvgIpc) is 2.26. The Hall–Kier alpha value is -2.04. The molecule has 5 heteroatoms. The third-order valence-electron chi connectivity index (χ3n) is 1.96. The van der Waals surface area contributed by atoms with E-state index < -0.39 is 5.91 Å². The summed E-state index contributed by atoms with van der Waals surface area (Å²) in [7, 11) is 2.94. The number of amides is 2. The van der Waals surface area contributed by atoms with Crippen LogP contribution in [-0.2, 0) is 0 Å². The number of methoxy groups -OCH3 is 1. The van der Waals surface area contributed by atoms with E-state index in [2.05, 4.69) is 5.32 Å². The van der Waals surface area contributed by atoms with Gasteiger partial charge in [0.2, 0.25) is 0 Å². The van der Waals surface area contributed by atoms with Crippen LogP contribution in [0.25, 0.3) is 0 Å². The summed E-state index contributed by atoms with van der Waals surface area (Å²) in [5.74, 6) is -0.539. The molecule has 0 aromatic heterocycles. The van der Waals surface area contributed by atoms with Gasteiger partial charge in [0.15, 0.2) is 0 Å². The summed E-state index contributed by atoms with van der Waals surface area (Å²) in [5, 5.41) is 2.47. The first-order valence-electron chi connectivity index (χ1n) is 4.30. The van der Waals surface area contributed by atoms with E-state index in [9.17, 15) is 9.59 Å². The van der Waals surface area contributed by atoms with Crippen LogP contribution in [0.2, 0.25) is 0 Å². The highest BCUT2D eigenvalue weighted by Crippen LogP contribution is 2.19. The van der Waals surface area contributed by atoms with Crippen molar-refractivity contribution < 1.29 is 14.3 Å². The van der Waals surface area contributed by atoms with E-state index >= 15 is 0 Å². The molecule has 1 aromatic rings. The van der Waals surface area contributed by atoms with Crippen molar-refractivity contribution >= 4 is 11.8 Å². The number of rotatable bonds is 3. The second kappa shape index (κ2) is 4.45. The van der Waals surface area contributed by atoms with Gasteiger partial charge >= 0.3 is 0 Å². The van der Waals surface area contributed by atoms with Gasteiger partial charge in [-0.05, 0) is 18.2 Å². The topological polar surface area (TPSA) is 81.4 Å². The summed E-state index contributed by atoms with van der Waals surface area (Å²) in [6.07, 6.45) is 0. The van der Waals surface area contributed by atoms with Gasteiger partial charge in [-0.1, -0.05) is 0 Å². The molecule has 0 saturated heterocycles. The molecule has 0 fully saturated rings. The molecule has 80 valence electrons. The normalized spacial score (nSPS) is 9.47. The predicted molar refractivity (Wildman–Crippen MR) is 54.9 cm³/mol. The van der Waals surface area contributed by atoms with Crippen LogP contribution in [0, 0.1) is 0 Å². The molecule has 3 N–H and O–H groups in total. The third-order valence-corrected chi connectivity index (χ3v) is 1.96. The van der Waals surface area contributed by atoms with Gasteiger partial charge in [-0.25, -0.2) is 0 Å². The molecule has 0 spiro atoms. The van der Waals surface area contributed by atoms with E-state index in [1.54, 1.807) is 0 Å². The molecule has 1 rings (SSSR count). The van der Waals surface area contributed by atoms with Crippen LogP contribution in [0.4, 0.5) is 0 Å². The number of carbonyl (C=O) groups is 2. The number of nitrogens with two attached hydrogens (primary N) is 1. The lowest BCUT2D eigenvalue weighted by Gasteiger charge is -2.07. The molecule has 0 unspecified atom stereocenters. The van der Waals surface area contributed by atoms with Crippen molar-refractivity contribution in [3.63, 3.8) is 0 Å². The van der Waals surface area contributed by atoms with Gasteiger partial charge < -0.3 is 15.8 Å². The number of primary amides is 1. The monoisotopic (exact) mass is 208 g/mol. The molecule has 0 aliphatic rings. The zero-order valence-corrected chi connectivity index (χ0v) is 8.53. The standard InChI is InChI=1S/C10H12N2O3/c1-12-10(14)6-3-4-7(9(11)13)8(5-6)15-2/h3-5H,1-2H3,(H2,11,13)(H,12,14). The number of hydrogen-bond acceptors (Lipinski definition) is 3. The van der Waals surface area contributed by atoms with Gasteiger partial charge in [0.05, 0.1) is 12.7 Å². The number of benzene rings is 1. The Kier molecular flexibility index (Phi) is 3.28. The fraction of sp³-hybridized carbons (Fsp3) is 0.200. The second-order valence-corrected chi connectivity index (χ2v) is 2.86. The maximum Gasteiger partial charge on any atom is 0.252 e. The Labute approximate surface area is 87.2 Å². The van der Waals surface area contributed by atoms with E-state index in [1.807, 2.05) is 0 Å². The molecule has 0 heterocycles. The van der Waals surface area contributed by atoms with Gasteiger partial charge in [-0.3, -0.25) is 9.59 Å². The van der Waals surface area contributed by atoms with Crippen molar-refractivity contribution in [3.8, 4) is 5.75 Å². The number of carbonyl (C=O) groups excluding carboxylic acids is 2. The minimum Gasteiger partial charge on any atom is -0.496 e. The van der Waals surface area contributed by atoms with Gasteiger partial charge in [-0.2, -0.15) is 0 Å². The zero-order chi connectivity index (χ0) is 11.4. The van der Waals surface area contributed by atoms with Gasteiger partial charge in [0.25, 0.3) is 11.8 Å². The second-order valence-electron chi connectivity index (χ2n) is 2.86. The summed E-state index contributed by atoms with van der Waals surface area (Å²) < 4.78 is 4.96. The highest BCUT2D eigenvalue weighted by molar-refractivity contribution is 5.99. The summed E-state index contributed by atoms with van der Waals surface area (Å²) in [6.45, 7) is 0. The lowest BCUT2D eigenvalue weighted by atomic mass is 10.1. The molecule has 0 atom stereocenters. The average molecular weight is 208 g/mol. The molecule has 0 bridgehead atoms. The van der Waals surface area contributed by atoms with E-state index in [4.69, 9.17) is 10.5 Å². The smallest absolute Gasteiger partial charge is 0.252 e. The van der Waals surface area contributed by atoms with Crippen molar-refractivity contribution in [1.82, 2.24) is 5.32 Å². The number of nitrogens with one attached hydrogen (secondary N) is 1. The third kappa shape index (κ3) is 2.25. The molecule has 0 radical (unpaired) electrons. The van der Waals surface area contributed by atoms with E-state index in [0.717, 1.165) is 0 Å². The first-order chi connectivity index (χ1) is 7.10. The maximum atomic E-state index is 11.3. The SMILES string of the molecule is CNC(=O)c1ccc(C(N)=O)c(OC)c1. The molecule has 0 aliphatic heterocycles. The Morgan fingerprint density at radius 2 is 2.07 bits per heavy atom. The molecule has 0 aliphatic carbocycles. The summed E-state index contributed by atoms with van der Waals surface area (Å²) in [4.78, 5) is 22.3. The zero-order valence-electron chi connectivity index (χ0n) is 8.53. The number of hydrogen-bond donors (Lipinski definition) is 2. The largest absolute Gasteiger partial charge is 0.496 e. The van der Waals surface area contributed by atoms with Crippen LogP contribution in [0.5, 0.6) is 5.75 Å². The van der Waals surface area contributed by atoms with Crippen LogP contribution in [0.1, 0.15) is 20.7 Å².